The zero-order valence-electron chi connectivity index (χ0n) is 10.8. The summed E-state index contributed by atoms with van der Waals surface area (Å²) in [5.41, 5.74) is 3.14. The second kappa shape index (κ2) is 4.28. The molecule has 96 valence electrons. The minimum Gasteiger partial charge on any atom is -0.441 e. The highest BCUT2D eigenvalue weighted by Crippen LogP contribution is 2.27. The molecule has 2 aromatic rings. The van der Waals surface area contributed by atoms with Crippen LogP contribution >= 0.6 is 0 Å². The van der Waals surface area contributed by atoms with Crippen LogP contribution < -0.4 is 5.32 Å². The molecule has 1 N–H and O–H groups in total. The minimum atomic E-state index is 0.271. The van der Waals surface area contributed by atoms with Crippen molar-refractivity contribution in [3.8, 4) is 0 Å². The molecule has 1 aromatic carbocycles. The van der Waals surface area contributed by atoms with Gasteiger partial charge >= 0.3 is 0 Å². The molecule has 4 nitrogen and oxygen atoms in total. The molecule has 0 bridgehead atoms. The first-order valence-electron chi connectivity index (χ1n) is 6.40. The smallest absolute Gasteiger partial charge is 0.195 e. The van der Waals surface area contributed by atoms with E-state index in [-0.39, 0.29) is 5.41 Å². The van der Waals surface area contributed by atoms with Crippen molar-refractivity contribution < 1.29 is 9.15 Å². The van der Waals surface area contributed by atoms with Crippen molar-refractivity contribution in [2.45, 2.75) is 20.3 Å². The molecular formula is C14H18N2O2. The van der Waals surface area contributed by atoms with Crippen LogP contribution in [0.4, 0.5) is 5.69 Å². The van der Waals surface area contributed by atoms with Crippen molar-refractivity contribution >= 4 is 16.8 Å². The molecule has 0 radical (unpaired) electrons. The zero-order chi connectivity index (χ0) is 12.6. The zero-order valence-corrected chi connectivity index (χ0v) is 10.8. The molecule has 0 unspecified atom stereocenters. The van der Waals surface area contributed by atoms with Gasteiger partial charge < -0.3 is 14.5 Å². The van der Waals surface area contributed by atoms with E-state index in [1.54, 1.807) is 0 Å². The van der Waals surface area contributed by atoms with Crippen LogP contribution in [0.2, 0.25) is 0 Å². The van der Waals surface area contributed by atoms with Gasteiger partial charge in [0, 0.05) is 24.1 Å². The van der Waals surface area contributed by atoms with Gasteiger partial charge in [-0.25, -0.2) is 4.98 Å². The summed E-state index contributed by atoms with van der Waals surface area (Å²) in [6.45, 7) is 6.88. The molecule has 0 atom stereocenters. The maximum atomic E-state index is 5.59. The van der Waals surface area contributed by atoms with Gasteiger partial charge in [-0.2, -0.15) is 0 Å². The molecule has 18 heavy (non-hydrogen) atoms. The average molecular weight is 246 g/mol. The normalized spacial score (nSPS) is 17.7. The lowest BCUT2D eigenvalue weighted by Gasteiger charge is -2.38. The monoisotopic (exact) mass is 246 g/mol. The Morgan fingerprint density at radius 1 is 1.39 bits per heavy atom. The SMILES string of the molecule is CCc1nc2cc(NCC3(C)COC3)ccc2o1. The Kier molecular flexibility index (Phi) is 2.74. The quantitative estimate of drug-likeness (QED) is 0.901. The van der Waals surface area contributed by atoms with Gasteiger partial charge in [-0.15, -0.1) is 0 Å². The third kappa shape index (κ3) is 2.08. The number of nitrogens with one attached hydrogen (secondary N) is 1. The number of nitrogens with zero attached hydrogens (tertiary/aromatic N) is 1. The second-order valence-corrected chi connectivity index (χ2v) is 5.30. The lowest BCUT2D eigenvalue weighted by Crippen LogP contribution is -2.45. The minimum absolute atomic E-state index is 0.271. The summed E-state index contributed by atoms with van der Waals surface area (Å²) in [5.74, 6) is 0.793. The fraction of sp³-hybridized carbons (Fsp3) is 0.500. The van der Waals surface area contributed by atoms with Gasteiger partial charge in [-0.1, -0.05) is 13.8 Å². The number of hydrogen-bond acceptors (Lipinski definition) is 4. The number of aryl methyl sites for hydroxylation is 1. The predicted molar refractivity (Wildman–Crippen MR) is 70.8 cm³/mol. The largest absolute Gasteiger partial charge is 0.441 e. The molecule has 3 rings (SSSR count). The number of hydrogen-bond donors (Lipinski definition) is 1. The molecule has 2 heterocycles. The first-order chi connectivity index (χ1) is 8.68. The van der Waals surface area contributed by atoms with Crippen LogP contribution in [0.5, 0.6) is 0 Å². The number of ether oxygens (including phenoxy) is 1. The van der Waals surface area contributed by atoms with Gasteiger partial charge in [-0.05, 0) is 18.2 Å². The van der Waals surface area contributed by atoms with Gasteiger partial charge in [-0.3, -0.25) is 0 Å². The van der Waals surface area contributed by atoms with E-state index in [9.17, 15) is 0 Å². The van der Waals surface area contributed by atoms with Crippen molar-refractivity contribution in [3.05, 3.63) is 24.1 Å². The van der Waals surface area contributed by atoms with Crippen molar-refractivity contribution in [2.24, 2.45) is 5.41 Å². The fourth-order valence-electron chi connectivity index (χ4n) is 2.10. The number of aromatic nitrogens is 1. The number of anilines is 1. The maximum absolute atomic E-state index is 5.59. The maximum Gasteiger partial charge on any atom is 0.195 e. The molecule has 0 spiro atoms. The third-order valence-corrected chi connectivity index (χ3v) is 3.35. The number of rotatable bonds is 4. The predicted octanol–water partition coefficient (Wildman–Crippen LogP) is 2.84. The Balaban J connectivity index is 1.75. The van der Waals surface area contributed by atoms with E-state index in [0.717, 1.165) is 48.9 Å². The first kappa shape index (κ1) is 11.5. The van der Waals surface area contributed by atoms with E-state index in [1.165, 1.54) is 0 Å². The van der Waals surface area contributed by atoms with E-state index in [2.05, 4.69) is 17.2 Å². The summed E-state index contributed by atoms with van der Waals surface area (Å²) < 4.78 is 10.8. The van der Waals surface area contributed by atoms with Crippen LogP contribution in [0.25, 0.3) is 11.1 Å². The van der Waals surface area contributed by atoms with Gasteiger partial charge in [0.05, 0.1) is 13.2 Å². The van der Waals surface area contributed by atoms with Crippen LogP contribution in [-0.2, 0) is 11.2 Å². The lowest BCUT2D eigenvalue weighted by molar-refractivity contribution is -0.0924. The van der Waals surface area contributed by atoms with E-state index in [0.29, 0.717) is 0 Å². The number of fused-ring (bicyclic) bond motifs is 1. The molecular weight excluding hydrogens is 228 g/mol. The summed E-state index contributed by atoms with van der Waals surface area (Å²) in [6.07, 6.45) is 0.826. The van der Waals surface area contributed by atoms with Crippen LogP contribution in [0.3, 0.4) is 0 Å². The molecule has 1 aliphatic heterocycles. The molecule has 1 fully saturated rings. The highest BCUT2D eigenvalue weighted by Gasteiger charge is 2.32. The van der Waals surface area contributed by atoms with Gasteiger partial charge in [0.25, 0.3) is 0 Å². The van der Waals surface area contributed by atoms with Crippen molar-refractivity contribution in [1.29, 1.82) is 0 Å². The summed E-state index contributed by atoms with van der Waals surface area (Å²) >= 11 is 0. The highest BCUT2D eigenvalue weighted by atomic mass is 16.5. The Labute approximate surface area is 106 Å². The van der Waals surface area contributed by atoms with E-state index < -0.39 is 0 Å². The molecule has 0 amide bonds. The van der Waals surface area contributed by atoms with Crippen molar-refractivity contribution in [3.63, 3.8) is 0 Å². The third-order valence-electron chi connectivity index (χ3n) is 3.35. The van der Waals surface area contributed by atoms with Crippen molar-refractivity contribution in [1.82, 2.24) is 4.98 Å². The van der Waals surface area contributed by atoms with Crippen LogP contribution in [0, 0.1) is 5.41 Å². The molecule has 1 aromatic heterocycles. The molecule has 0 saturated carbocycles. The summed E-state index contributed by atoms with van der Waals surface area (Å²) in [4.78, 5) is 4.44. The topological polar surface area (TPSA) is 47.3 Å². The standard InChI is InChI=1S/C14H18N2O2/c1-3-13-16-11-6-10(4-5-12(11)18-13)15-7-14(2)8-17-9-14/h4-6,15H,3,7-9H2,1-2H3. The molecule has 0 aliphatic carbocycles. The average Bonchev–Trinajstić information content (AvgIpc) is 2.76. The van der Waals surface area contributed by atoms with Crippen LogP contribution in [0.1, 0.15) is 19.7 Å². The first-order valence-corrected chi connectivity index (χ1v) is 6.40. The van der Waals surface area contributed by atoms with Crippen LogP contribution in [0.15, 0.2) is 22.6 Å². The summed E-state index contributed by atoms with van der Waals surface area (Å²) in [6, 6.07) is 6.06. The van der Waals surface area contributed by atoms with E-state index in [1.807, 2.05) is 25.1 Å². The number of oxazole rings is 1. The van der Waals surface area contributed by atoms with Gasteiger partial charge in [0.15, 0.2) is 11.5 Å². The fourth-order valence-corrected chi connectivity index (χ4v) is 2.10. The second-order valence-electron chi connectivity index (χ2n) is 5.30. The molecule has 4 heteroatoms. The summed E-state index contributed by atoms with van der Waals surface area (Å²) in [5, 5.41) is 3.44. The Hall–Kier alpha value is -1.55. The number of benzene rings is 1. The Morgan fingerprint density at radius 2 is 2.22 bits per heavy atom. The lowest BCUT2D eigenvalue weighted by atomic mass is 9.89. The molecule has 1 saturated heterocycles. The van der Waals surface area contributed by atoms with Gasteiger partial charge in [0.2, 0.25) is 0 Å². The van der Waals surface area contributed by atoms with E-state index in [4.69, 9.17) is 9.15 Å². The van der Waals surface area contributed by atoms with Crippen LogP contribution in [-0.4, -0.2) is 24.7 Å². The Morgan fingerprint density at radius 3 is 2.89 bits per heavy atom. The van der Waals surface area contributed by atoms with E-state index >= 15 is 0 Å². The highest BCUT2D eigenvalue weighted by molar-refractivity contribution is 5.77. The molecule has 1 aliphatic rings. The van der Waals surface area contributed by atoms with Crippen molar-refractivity contribution in [2.75, 3.05) is 25.1 Å². The Bertz CT molecular complexity index is 558. The summed E-state index contributed by atoms with van der Waals surface area (Å²) in [7, 11) is 0. The van der Waals surface area contributed by atoms with Gasteiger partial charge in [0.1, 0.15) is 5.52 Å².